The molecule has 2 N–H and O–H groups in total. The summed E-state index contributed by atoms with van der Waals surface area (Å²) >= 11 is 0. The summed E-state index contributed by atoms with van der Waals surface area (Å²) in [4.78, 5) is 14.4. The first-order valence-electron chi connectivity index (χ1n) is 18.1. The van der Waals surface area contributed by atoms with Gasteiger partial charge in [0.25, 0.3) is 0 Å². The summed E-state index contributed by atoms with van der Waals surface area (Å²) in [5.74, 6) is 0.952. The molecule has 4 nitrogen and oxygen atoms in total. The fourth-order valence-corrected chi connectivity index (χ4v) is 5.51. The van der Waals surface area contributed by atoms with Gasteiger partial charge < -0.3 is 5.73 Å². The van der Waals surface area contributed by atoms with Crippen molar-refractivity contribution >= 4 is 28.5 Å². The lowest BCUT2D eigenvalue weighted by atomic mass is 9.88. The first-order valence-corrected chi connectivity index (χ1v) is 18.1. The van der Waals surface area contributed by atoms with Crippen molar-refractivity contribution in [2.24, 2.45) is 32.5 Å². The molecule has 1 heterocycles. The molecule has 0 saturated carbocycles. The van der Waals surface area contributed by atoms with Crippen LogP contribution in [0.15, 0.2) is 200 Å². The van der Waals surface area contributed by atoms with E-state index in [-0.39, 0.29) is 11.8 Å². The maximum absolute atomic E-state index is 6.62. The second-order valence-corrected chi connectivity index (χ2v) is 13.3. The van der Waals surface area contributed by atoms with Crippen LogP contribution in [0.3, 0.4) is 0 Å². The average molecular weight is 687 g/mol. The van der Waals surface area contributed by atoms with E-state index in [4.69, 9.17) is 15.7 Å². The van der Waals surface area contributed by atoms with Gasteiger partial charge in [-0.25, -0.2) is 4.99 Å². The van der Waals surface area contributed by atoms with E-state index in [1.54, 1.807) is 0 Å². The van der Waals surface area contributed by atoms with Crippen molar-refractivity contribution in [2.45, 2.75) is 54.4 Å². The number of amidine groups is 1. The van der Waals surface area contributed by atoms with Gasteiger partial charge in [0.15, 0.2) is 0 Å². The summed E-state index contributed by atoms with van der Waals surface area (Å²) in [5.41, 5.74) is 16.1. The molecule has 2 aromatic carbocycles. The van der Waals surface area contributed by atoms with Crippen molar-refractivity contribution in [1.29, 1.82) is 0 Å². The molecule has 4 heteroatoms. The maximum atomic E-state index is 6.62. The Morgan fingerprint density at radius 3 is 2.29 bits per heavy atom. The van der Waals surface area contributed by atoms with Gasteiger partial charge in [0.2, 0.25) is 0 Å². The number of fused-ring (bicyclic) bond motifs is 1. The van der Waals surface area contributed by atoms with E-state index in [1.165, 1.54) is 16.3 Å². The summed E-state index contributed by atoms with van der Waals surface area (Å²) in [5, 5.41) is 2.47. The molecule has 0 fully saturated rings. The molecule has 1 aliphatic heterocycles. The molecule has 1 aliphatic carbocycles. The molecule has 4 rings (SSSR count). The number of rotatable bonds is 12. The molecule has 0 saturated heterocycles. The topological polar surface area (TPSA) is 63.1 Å². The standard InChI is InChI=1S/C48H54N4/c1-8-42-18-12-13-19-43(42)29-31-46(30-27-41-26-28-44-20-14-15-21-45(44)33-41)52-48(49)39(6)25-23-36(3)35(2)22-24-37(4)40(7)51-47-34-50-32-16-10-9-11-17-38(47)5/h8,10-26,28-33,42-43H,1,9,27,34H2,2-7H3,(H2,49,52)/b16-10-,17-11-,31-29+,35-22+,36-23+,37-24+,39-25+,46-30-,47-38+,50-32-,51-40+. The van der Waals surface area contributed by atoms with E-state index in [0.717, 1.165) is 57.8 Å². The van der Waals surface area contributed by atoms with Gasteiger partial charge >= 0.3 is 0 Å². The van der Waals surface area contributed by atoms with E-state index in [2.05, 4.69) is 168 Å². The quantitative estimate of drug-likeness (QED) is 0.103. The van der Waals surface area contributed by atoms with Gasteiger partial charge in [-0.05, 0) is 111 Å². The Hall–Kier alpha value is -5.61. The molecule has 0 aromatic heterocycles. The minimum Gasteiger partial charge on any atom is -0.383 e. The lowest BCUT2D eigenvalue weighted by Gasteiger charge is -2.17. The predicted octanol–water partition coefficient (Wildman–Crippen LogP) is 11.8. The molecule has 2 atom stereocenters. The lowest BCUT2D eigenvalue weighted by Crippen LogP contribution is -2.13. The van der Waals surface area contributed by atoms with E-state index >= 15 is 0 Å². The number of hydrogen-bond donors (Lipinski definition) is 1. The van der Waals surface area contributed by atoms with E-state index in [0.29, 0.717) is 12.4 Å². The molecule has 0 bridgehead atoms. The monoisotopic (exact) mass is 686 g/mol. The number of nitrogens with two attached hydrogens (primary N) is 1. The van der Waals surface area contributed by atoms with Crippen LogP contribution < -0.4 is 5.73 Å². The number of hydrogen-bond acceptors (Lipinski definition) is 3. The van der Waals surface area contributed by atoms with Crippen LogP contribution in [-0.4, -0.2) is 24.3 Å². The zero-order valence-electron chi connectivity index (χ0n) is 31.8. The van der Waals surface area contributed by atoms with Crippen LogP contribution in [0.5, 0.6) is 0 Å². The average Bonchev–Trinajstić information content (AvgIpc) is 3.16. The summed E-state index contributed by atoms with van der Waals surface area (Å²) in [6, 6.07) is 15.0. The number of nitrogens with zero attached hydrogens (tertiary/aromatic N) is 3. The zero-order chi connectivity index (χ0) is 37.3. The van der Waals surface area contributed by atoms with E-state index in [9.17, 15) is 0 Å². The molecule has 52 heavy (non-hydrogen) atoms. The largest absolute Gasteiger partial charge is 0.383 e. The Labute approximate surface area is 312 Å². The number of aliphatic imine (C=N–C) groups is 3. The highest BCUT2D eigenvalue weighted by molar-refractivity contribution is 5.99. The van der Waals surface area contributed by atoms with E-state index < -0.39 is 0 Å². The van der Waals surface area contributed by atoms with Crippen molar-refractivity contribution < 1.29 is 0 Å². The zero-order valence-corrected chi connectivity index (χ0v) is 31.8. The molecular formula is C48H54N4. The van der Waals surface area contributed by atoms with Crippen molar-refractivity contribution in [2.75, 3.05) is 6.54 Å². The Kier molecular flexibility index (Phi) is 15.3. The maximum Gasteiger partial charge on any atom is 0.126 e. The first-order chi connectivity index (χ1) is 25.1. The molecule has 0 amide bonds. The lowest BCUT2D eigenvalue weighted by molar-refractivity contribution is 0.668. The van der Waals surface area contributed by atoms with Crippen molar-refractivity contribution in [1.82, 2.24) is 0 Å². The van der Waals surface area contributed by atoms with Gasteiger partial charge in [-0.2, -0.15) is 0 Å². The minimum absolute atomic E-state index is 0.216. The predicted molar refractivity (Wildman–Crippen MR) is 229 cm³/mol. The van der Waals surface area contributed by atoms with Gasteiger partial charge in [0, 0.05) is 23.8 Å². The third-order valence-corrected chi connectivity index (χ3v) is 9.32. The number of benzene rings is 2. The molecule has 266 valence electrons. The molecular weight excluding hydrogens is 633 g/mol. The Bertz CT molecular complexity index is 2040. The molecule has 0 spiro atoms. The normalized spacial score (nSPS) is 23.3. The van der Waals surface area contributed by atoms with Gasteiger partial charge in [-0.3, -0.25) is 9.98 Å². The Morgan fingerprint density at radius 1 is 0.846 bits per heavy atom. The van der Waals surface area contributed by atoms with Crippen molar-refractivity contribution in [3.05, 3.63) is 191 Å². The van der Waals surface area contributed by atoms with Crippen LogP contribution in [0.25, 0.3) is 10.8 Å². The Balaban J connectivity index is 1.52. The van der Waals surface area contributed by atoms with Crippen molar-refractivity contribution in [3.63, 3.8) is 0 Å². The fraction of sp³-hybridized carbons (Fsp3) is 0.229. The fourth-order valence-electron chi connectivity index (χ4n) is 5.51. The first kappa shape index (κ1) is 39.2. The van der Waals surface area contributed by atoms with Crippen LogP contribution in [0.4, 0.5) is 0 Å². The summed E-state index contributed by atoms with van der Waals surface area (Å²) in [6.07, 6.45) is 37.2. The van der Waals surface area contributed by atoms with Crippen LogP contribution in [0, 0.1) is 11.8 Å². The van der Waals surface area contributed by atoms with Gasteiger partial charge in [0.05, 0.1) is 17.9 Å². The molecule has 2 aliphatic rings. The van der Waals surface area contributed by atoms with Crippen molar-refractivity contribution in [3.8, 4) is 0 Å². The third kappa shape index (κ3) is 12.3. The van der Waals surface area contributed by atoms with Gasteiger partial charge in [-0.1, -0.05) is 128 Å². The van der Waals surface area contributed by atoms with Crippen LogP contribution in [0.1, 0.15) is 53.5 Å². The van der Waals surface area contributed by atoms with E-state index in [1.807, 2.05) is 31.4 Å². The summed E-state index contributed by atoms with van der Waals surface area (Å²) in [6.45, 7) is 17.1. The van der Waals surface area contributed by atoms with Crippen LogP contribution in [-0.2, 0) is 6.42 Å². The second kappa shape index (κ2) is 20.3. The Morgan fingerprint density at radius 2 is 1.54 bits per heavy atom. The smallest absolute Gasteiger partial charge is 0.126 e. The van der Waals surface area contributed by atoms with Gasteiger partial charge in [0.1, 0.15) is 5.84 Å². The molecule has 2 aromatic rings. The minimum atomic E-state index is 0.216. The highest BCUT2D eigenvalue weighted by Crippen LogP contribution is 2.23. The third-order valence-electron chi connectivity index (χ3n) is 9.32. The highest BCUT2D eigenvalue weighted by atomic mass is 14.9. The van der Waals surface area contributed by atoms with Gasteiger partial charge in [-0.15, -0.1) is 6.58 Å². The molecule has 0 radical (unpaired) electrons. The number of allylic oxidation sites excluding steroid dienone is 20. The summed E-state index contributed by atoms with van der Waals surface area (Å²) < 4.78 is 0. The second-order valence-electron chi connectivity index (χ2n) is 13.3. The molecule has 2 unspecified atom stereocenters. The SMILES string of the molecule is C=CC1C=CC=CC1/C=C/C(=C/Cc1ccc2ccccc2c1)/N=C(N)/C(C)=C/C=C(C)/C(C)=C/C=C(C)/C(C)=N/C1=C(C)/C=C\C/C=C\C=N/C1. The van der Waals surface area contributed by atoms with Crippen LogP contribution in [0.2, 0.25) is 0 Å². The van der Waals surface area contributed by atoms with Crippen LogP contribution >= 0.6 is 0 Å². The highest BCUT2D eigenvalue weighted by Gasteiger charge is 2.12. The summed E-state index contributed by atoms with van der Waals surface area (Å²) in [7, 11) is 0.